The summed E-state index contributed by atoms with van der Waals surface area (Å²) in [7, 11) is 0. The average molecular weight is 416 g/mol. The van der Waals surface area contributed by atoms with Crippen LogP contribution >= 0.6 is 11.8 Å². The standard InChI is InChI=1S/C22H33N5OS/c1-4-18(3)27-21(19-10-6-5-7-11-19)24-25-22(27)29-16-20(28)23-12-14-26-13-8-9-17(2)15-26/h5-7,10-11,17-18H,4,8-9,12-16H2,1-3H3,(H,23,28). The van der Waals surface area contributed by atoms with Crippen LogP contribution in [0.2, 0.25) is 0 Å². The Labute approximate surface area is 178 Å². The van der Waals surface area contributed by atoms with Gasteiger partial charge < -0.3 is 10.2 Å². The van der Waals surface area contributed by atoms with Gasteiger partial charge in [0, 0.05) is 31.2 Å². The van der Waals surface area contributed by atoms with Crippen LogP contribution in [0.1, 0.15) is 46.1 Å². The first-order valence-corrected chi connectivity index (χ1v) is 11.7. The van der Waals surface area contributed by atoms with Crippen molar-refractivity contribution in [3.05, 3.63) is 30.3 Å². The summed E-state index contributed by atoms with van der Waals surface area (Å²) < 4.78 is 2.16. The number of aromatic nitrogens is 3. The SMILES string of the molecule is CCC(C)n1c(SCC(=O)NCCN2CCCC(C)C2)nnc1-c1ccccc1. The number of carbonyl (C=O) groups excluding carboxylic acids is 1. The Morgan fingerprint density at radius 1 is 1.31 bits per heavy atom. The molecule has 0 spiro atoms. The van der Waals surface area contributed by atoms with E-state index in [2.05, 4.69) is 45.8 Å². The fourth-order valence-corrected chi connectivity index (χ4v) is 4.63. The highest BCUT2D eigenvalue weighted by Crippen LogP contribution is 2.28. The predicted octanol–water partition coefficient (Wildman–Crippen LogP) is 3.86. The summed E-state index contributed by atoms with van der Waals surface area (Å²) in [4.78, 5) is 14.8. The topological polar surface area (TPSA) is 63.1 Å². The molecule has 1 aliphatic heterocycles. The van der Waals surface area contributed by atoms with Gasteiger partial charge in [-0.3, -0.25) is 9.36 Å². The van der Waals surface area contributed by atoms with Gasteiger partial charge in [0.25, 0.3) is 0 Å². The molecular weight excluding hydrogens is 382 g/mol. The number of nitrogens with one attached hydrogen (secondary N) is 1. The van der Waals surface area contributed by atoms with Crippen molar-refractivity contribution in [1.29, 1.82) is 0 Å². The van der Waals surface area contributed by atoms with Gasteiger partial charge in [-0.25, -0.2) is 0 Å². The number of rotatable bonds is 9. The minimum absolute atomic E-state index is 0.0556. The zero-order valence-electron chi connectivity index (χ0n) is 17.8. The number of benzene rings is 1. The number of piperidine rings is 1. The van der Waals surface area contributed by atoms with Crippen molar-refractivity contribution in [2.75, 3.05) is 31.9 Å². The zero-order chi connectivity index (χ0) is 20.6. The summed E-state index contributed by atoms with van der Waals surface area (Å²) in [6.07, 6.45) is 3.56. The third kappa shape index (κ3) is 6.06. The molecule has 3 rings (SSSR count). The number of hydrogen-bond acceptors (Lipinski definition) is 5. The molecule has 0 saturated carbocycles. The van der Waals surface area contributed by atoms with Crippen LogP contribution in [0.5, 0.6) is 0 Å². The Hall–Kier alpha value is -1.86. The Bertz CT molecular complexity index is 779. The van der Waals surface area contributed by atoms with Crippen molar-refractivity contribution in [2.24, 2.45) is 5.92 Å². The number of likely N-dealkylation sites (tertiary alicyclic amines) is 1. The van der Waals surface area contributed by atoms with E-state index in [1.54, 1.807) is 0 Å². The highest BCUT2D eigenvalue weighted by atomic mass is 32.2. The van der Waals surface area contributed by atoms with Crippen LogP contribution < -0.4 is 5.32 Å². The molecule has 2 heterocycles. The summed E-state index contributed by atoms with van der Waals surface area (Å²) >= 11 is 1.46. The molecule has 1 aliphatic rings. The summed E-state index contributed by atoms with van der Waals surface area (Å²) in [6.45, 7) is 10.6. The van der Waals surface area contributed by atoms with Crippen molar-refractivity contribution in [3.63, 3.8) is 0 Å². The lowest BCUT2D eigenvalue weighted by atomic mass is 10.0. The molecule has 2 atom stereocenters. The molecule has 2 unspecified atom stereocenters. The van der Waals surface area contributed by atoms with Crippen LogP contribution in [0.15, 0.2) is 35.5 Å². The zero-order valence-corrected chi connectivity index (χ0v) is 18.6. The quantitative estimate of drug-likeness (QED) is 0.630. The first kappa shape index (κ1) is 21.8. The Morgan fingerprint density at radius 3 is 2.83 bits per heavy atom. The predicted molar refractivity (Wildman–Crippen MR) is 119 cm³/mol. The van der Waals surface area contributed by atoms with Crippen LogP contribution in [0.3, 0.4) is 0 Å². The van der Waals surface area contributed by atoms with E-state index in [-0.39, 0.29) is 11.9 Å². The molecule has 0 bridgehead atoms. The van der Waals surface area contributed by atoms with Crippen LogP contribution in [0.25, 0.3) is 11.4 Å². The van der Waals surface area contributed by atoms with E-state index in [0.717, 1.165) is 48.5 Å². The van der Waals surface area contributed by atoms with Crippen molar-refractivity contribution >= 4 is 17.7 Å². The Balaban J connectivity index is 1.54. The van der Waals surface area contributed by atoms with Crippen LogP contribution in [0.4, 0.5) is 0 Å². The third-order valence-corrected chi connectivity index (χ3v) is 6.49. The van der Waals surface area contributed by atoms with Gasteiger partial charge in [0.1, 0.15) is 0 Å². The molecule has 1 saturated heterocycles. The molecule has 29 heavy (non-hydrogen) atoms. The fourth-order valence-electron chi connectivity index (χ4n) is 3.76. The highest BCUT2D eigenvalue weighted by molar-refractivity contribution is 7.99. The van der Waals surface area contributed by atoms with Crippen molar-refractivity contribution < 1.29 is 4.79 Å². The minimum atomic E-state index is 0.0556. The lowest BCUT2D eigenvalue weighted by Crippen LogP contribution is -2.40. The first-order valence-electron chi connectivity index (χ1n) is 10.7. The van der Waals surface area contributed by atoms with Crippen LogP contribution in [-0.2, 0) is 4.79 Å². The second-order valence-electron chi connectivity index (χ2n) is 7.99. The number of thioether (sulfide) groups is 1. The summed E-state index contributed by atoms with van der Waals surface area (Å²) in [5.74, 6) is 2.04. The van der Waals surface area contributed by atoms with E-state index in [9.17, 15) is 4.79 Å². The number of hydrogen-bond donors (Lipinski definition) is 1. The second-order valence-corrected chi connectivity index (χ2v) is 8.93. The molecule has 1 fully saturated rings. The maximum atomic E-state index is 12.3. The van der Waals surface area contributed by atoms with Gasteiger partial charge in [-0.15, -0.1) is 10.2 Å². The summed E-state index contributed by atoms with van der Waals surface area (Å²) in [6, 6.07) is 10.4. The summed E-state index contributed by atoms with van der Waals surface area (Å²) in [5.41, 5.74) is 1.05. The Morgan fingerprint density at radius 2 is 2.10 bits per heavy atom. The second kappa shape index (κ2) is 10.8. The van der Waals surface area contributed by atoms with E-state index in [1.165, 1.54) is 24.6 Å². The number of amides is 1. The van der Waals surface area contributed by atoms with Crippen molar-refractivity contribution in [2.45, 2.75) is 51.2 Å². The highest BCUT2D eigenvalue weighted by Gasteiger charge is 2.19. The normalized spacial score (nSPS) is 18.5. The van der Waals surface area contributed by atoms with Crippen molar-refractivity contribution in [3.8, 4) is 11.4 Å². The van der Waals surface area contributed by atoms with E-state index in [4.69, 9.17) is 0 Å². The molecule has 1 N–H and O–H groups in total. The number of nitrogens with zero attached hydrogens (tertiary/aromatic N) is 4. The van der Waals surface area contributed by atoms with Gasteiger partial charge in [-0.1, -0.05) is 55.9 Å². The summed E-state index contributed by atoms with van der Waals surface area (Å²) in [5, 5.41) is 12.7. The minimum Gasteiger partial charge on any atom is -0.354 e. The van der Waals surface area contributed by atoms with E-state index in [1.807, 2.05) is 30.3 Å². The lowest BCUT2D eigenvalue weighted by Gasteiger charge is -2.30. The van der Waals surface area contributed by atoms with Gasteiger partial charge >= 0.3 is 0 Å². The van der Waals surface area contributed by atoms with Crippen molar-refractivity contribution in [1.82, 2.24) is 25.0 Å². The Kier molecular flexibility index (Phi) is 8.12. The first-order chi connectivity index (χ1) is 14.1. The maximum absolute atomic E-state index is 12.3. The molecule has 0 radical (unpaired) electrons. The smallest absolute Gasteiger partial charge is 0.230 e. The monoisotopic (exact) mass is 415 g/mol. The molecule has 1 aromatic heterocycles. The average Bonchev–Trinajstić information content (AvgIpc) is 3.16. The molecule has 6 nitrogen and oxygen atoms in total. The van der Waals surface area contributed by atoms with E-state index < -0.39 is 0 Å². The molecule has 7 heteroatoms. The molecule has 158 valence electrons. The van der Waals surface area contributed by atoms with Crippen LogP contribution in [-0.4, -0.2) is 57.5 Å². The van der Waals surface area contributed by atoms with Gasteiger partial charge in [0.05, 0.1) is 5.75 Å². The largest absolute Gasteiger partial charge is 0.354 e. The lowest BCUT2D eigenvalue weighted by molar-refractivity contribution is -0.118. The third-order valence-electron chi connectivity index (χ3n) is 5.55. The van der Waals surface area contributed by atoms with Gasteiger partial charge in [-0.2, -0.15) is 0 Å². The molecule has 2 aromatic rings. The number of carbonyl (C=O) groups is 1. The molecule has 1 amide bonds. The van der Waals surface area contributed by atoms with E-state index in [0.29, 0.717) is 12.3 Å². The van der Waals surface area contributed by atoms with Gasteiger partial charge in [-0.05, 0) is 38.6 Å². The molecule has 0 aliphatic carbocycles. The van der Waals surface area contributed by atoms with Crippen LogP contribution in [0, 0.1) is 5.92 Å². The van der Waals surface area contributed by atoms with Gasteiger partial charge in [0.15, 0.2) is 11.0 Å². The fraction of sp³-hybridized carbons (Fsp3) is 0.591. The van der Waals surface area contributed by atoms with E-state index >= 15 is 0 Å². The maximum Gasteiger partial charge on any atom is 0.230 e. The molecule has 1 aromatic carbocycles. The van der Waals surface area contributed by atoms with Gasteiger partial charge in [0.2, 0.25) is 5.91 Å². The molecular formula is C22H33N5OS.